The number of anilines is 3. The second kappa shape index (κ2) is 31.1. The van der Waals surface area contributed by atoms with Crippen LogP contribution in [0.5, 0.6) is 0 Å². The minimum absolute atomic E-state index is 0.0281. The van der Waals surface area contributed by atoms with E-state index in [0.717, 1.165) is 28.6 Å². The zero-order valence-electron chi connectivity index (χ0n) is 52.2. The van der Waals surface area contributed by atoms with E-state index in [4.69, 9.17) is 48.7 Å². The highest BCUT2D eigenvalue weighted by Gasteiger charge is 2.43. The number of amides is 7. The van der Waals surface area contributed by atoms with E-state index in [1.807, 2.05) is 48.5 Å². The number of primary amides is 1. The summed E-state index contributed by atoms with van der Waals surface area (Å²) in [7, 11) is -3.36. The van der Waals surface area contributed by atoms with Gasteiger partial charge in [-0.1, -0.05) is 86.8 Å². The molecule has 4 unspecified atom stereocenters. The van der Waals surface area contributed by atoms with Gasteiger partial charge in [-0.25, -0.2) is 58.0 Å². The third-order valence-corrected chi connectivity index (χ3v) is 18.4. The monoisotopic (exact) mass is 1400 g/mol. The number of aromatic nitrogens is 8. The van der Waals surface area contributed by atoms with Gasteiger partial charge in [0.25, 0.3) is 0 Å². The number of halogens is 1. The fourth-order valence-corrected chi connectivity index (χ4v) is 13.4. The van der Waals surface area contributed by atoms with Crippen molar-refractivity contribution in [2.45, 2.75) is 120 Å². The average molecular weight is 1400 g/mol. The molecule has 3 aromatic carbocycles. The number of likely N-dealkylation sites (tertiary alicyclic amines) is 1. The number of fused-ring (bicyclic) bond motifs is 5. The number of nitrogens with two attached hydrogens (primary N) is 2. The van der Waals surface area contributed by atoms with E-state index in [1.54, 1.807) is 38.1 Å². The van der Waals surface area contributed by atoms with Crippen LogP contribution in [-0.2, 0) is 62.6 Å². The quantitative estimate of drug-likeness (QED) is 0.0111. The Labute approximate surface area is 558 Å². The molecule has 3 fully saturated rings. The Balaban J connectivity index is 0.636. The molecule has 0 radical (unpaired) electrons. The van der Waals surface area contributed by atoms with Gasteiger partial charge in [-0.2, -0.15) is 0 Å². The number of thiol groups is 1. The number of benzene rings is 3. The second-order valence-corrected chi connectivity index (χ2v) is 27.3. The van der Waals surface area contributed by atoms with Crippen LogP contribution in [0.15, 0.2) is 98.1 Å². The van der Waals surface area contributed by atoms with Crippen LogP contribution >= 0.6 is 27.3 Å². The molecule has 11 atom stereocenters. The lowest BCUT2D eigenvalue weighted by molar-refractivity contribution is -0.128. The topological polar surface area (TPSA) is 433 Å². The van der Waals surface area contributed by atoms with Gasteiger partial charge in [0, 0.05) is 37.5 Å². The molecule has 4 aliphatic rings. The van der Waals surface area contributed by atoms with Gasteiger partial charge in [0.15, 0.2) is 34.7 Å². The number of alkyl carbamates (subject to hydrolysis) is 1. The zero-order valence-corrected chi connectivity index (χ0v) is 55.0. The lowest BCUT2D eigenvalue weighted by Gasteiger charge is -2.25. The fourth-order valence-electron chi connectivity index (χ4n) is 11.9. The molecule has 0 saturated carbocycles. The molecule has 7 heterocycles. The normalized spacial score (nSPS) is 21.3. The maximum Gasteiger partial charge on any atom is 0.412 e. The molecule has 0 bridgehead atoms. The molecule has 4 aromatic heterocycles. The Kier molecular flexibility index (Phi) is 22.2. The van der Waals surface area contributed by atoms with E-state index in [9.17, 15) is 42.8 Å². The Morgan fingerprint density at radius 1 is 0.804 bits per heavy atom. The van der Waals surface area contributed by atoms with Crippen molar-refractivity contribution in [1.29, 1.82) is 0 Å². The molecular formula is C60H71FN16O17P2S. The largest absolute Gasteiger partial charge is 0.449 e. The van der Waals surface area contributed by atoms with E-state index in [-0.39, 0.29) is 98.5 Å². The van der Waals surface area contributed by atoms with Gasteiger partial charge in [-0.15, -0.1) is 0 Å². The molecule has 3 saturated heterocycles. The van der Waals surface area contributed by atoms with Gasteiger partial charge >= 0.3 is 39.4 Å². The highest BCUT2D eigenvalue weighted by atomic mass is 32.7. The van der Waals surface area contributed by atoms with Gasteiger partial charge in [-0.3, -0.25) is 33.1 Å². The van der Waals surface area contributed by atoms with Crippen LogP contribution in [0.1, 0.15) is 87.4 Å². The summed E-state index contributed by atoms with van der Waals surface area (Å²) in [6, 6.07) is 18.8. The van der Waals surface area contributed by atoms with Crippen molar-refractivity contribution in [3.63, 3.8) is 0 Å². The maximum absolute atomic E-state index is 15.3. The molecule has 37 heteroatoms. The molecule has 516 valence electrons. The molecule has 3 aliphatic heterocycles. The number of ether oxygens (including phenoxy) is 5. The maximum atomic E-state index is 15.3. The van der Waals surface area contributed by atoms with E-state index in [2.05, 4.69) is 68.7 Å². The van der Waals surface area contributed by atoms with Crippen LogP contribution in [0.25, 0.3) is 33.5 Å². The number of hydrogen-bond donors (Lipinski definition) is 9. The number of urea groups is 1. The molecule has 10 N–H and O–H groups in total. The van der Waals surface area contributed by atoms with Crippen LogP contribution < -0.4 is 38.1 Å². The molecule has 7 aromatic rings. The predicted molar refractivity (Wildman–Crippen MR) is 347 cm³/mol. The minimum Gasteiger partial charge on any atom is -0.449 e. The van der Waals surface area contributed by atoms with Crippen molar-refractivity contribution in [2.75, 3.05) is 55.9 Å². The standard InChI is InChI=1S/C60H71FN16O17P2S/c1-32(2)47(73-58(81)88-26-41-39-12-5-3-10-37(39)38-11-4-6-13-40(38)41)55(79)72-43(14-7-19-64-57(63)80)54(78)71-34-17-15-33(16-18-34)23-89-60(83)75-20-8-9-35(75)24-87-59(82)74-51-49-53(68-29-66-51)76(30-70-49)46-22-44(45(93-46)27-91-96(85,86)97)94-95(84)90-25-36-21-42(61)56(92-36)77-31-69-48-50(62)65-28-67-52(48)77/h3-6,10-13,15-18,28-32,35-36,41-47,56,95H,7-9,14,19-27H2,1-2H3,(H,71,78)(H,72,79)(H,73,81)(H2,62,65,67)(H3,63,64,80)(H2,85,86,97)(H,66,68,74,82)/t35-,36-,42+,43-,44?,45+,46+,47?,56+/m0/s1. The predicted octanol–water partition coefficient (Wildman–Crippen LogP) is 6.78. The van der Waals surface area contributed by atoms with Gasteiger partial charge < -0.3 is 75.3 Å². The fraction of sp³-hybridized carbons (Fsp3) is 0.433. The molecule has 1 aliphatic carbocycles. The number of rotatable bonds is 27. The lowest BCUT2D eigenvalue weighted by Crippen LogP contribution is -2.54. The highest BCUT2D eigenvalue weighted by molar-refractivity contribution is 8.44. The summed E-state index contributed by atoms with van der Waals surface area (Å²) >= 11 is 3.59. The third kappa shape index (κ3) is 17.1. The van der Waals surface area contributed by atoms with Crippen LogP contribution in [-0.4, -0.2) is 167 Å². The van der Waals surface area contributed by atoms with Crippen molar-refractivity contribution in [3.05, 3.63) is 115 Å². The lowest BCUT2D eigenvalue weighted by atomic mass is 9.98. The summed E-state index contributed by atoms with van der Waals surface area (Å²) in [5, 5.41) is 13.3. The van der Waals surface area contributed by atoms with E-state index in [0.29, 0.717) is 30.6 Å². The van der Waals surface area contributed by atoms with Crippen molar-refractivity contribution in [3.8, 4) is 11.1 Å². The Bertz CT molecular complexity index is 4050. The third-order valence-electron chi connectivity index (χ3n) is 16.7. The average Bonchev–Trinajstić information content (AvgIpc) is 1.67. The van der Waals surface area contributed by atoms with Crippen molar-refractivity contribution >= 4 is 103 Å². The van der Waals surface area contributed by atoms with Gasteiger partial charge in [0.1, 0.15) is 68.6 Å². The van der Waals surface area contributed by atoms with Gasteiger partial charge in [-0.05, 0) is 71.6 Å². The number of hydrogen-bond acceptors (Lipinski definition) is 23. The first-order valence-electron chi connectivity index (χ1n) is 31.0. The van der Waals surface area contributed by atoms with Crippen LogP contribution in [0, 0.1) is 5.92 Å². The Hall–Kier alpha value is -8.92. The molecule has 0 spiro atoms. The van der Waals surface area contributed by atoms with Crippen LogP contribution in [0.2, 0.25) is 0 Å². The molecule has 7 amide bonds. The molecule has 97 heavy (non-hydrogen) atoms. The first kappa shape index (κ1) is 69.4. The number of alkyl halides is 1. The number of nitrogens with zero attached hydrogens (tertiary/aromatic N) is 9. The Morgan fingerprint density at radius 3 is 2.22 bits per heavy atom. The second-order valence-electron chi connectivity index (χ2n) is 23.5. The van der Waals surface area contributed by atoms with E-state index in [1.165, 1.54) is 33.0 Å². The summed E-state index contributed by atoms with van der Waals surface area (Å²) in [4.78, 5) is 116. The summed E-state index contributed by atoms with van der Waals surface area (Å²) in [5.41, 5.74) is 17.0. The van der Waals surface area contributed by atoms with Crippen molar-refractivity contribution < 1.29 is 84.4 Å². The first-order chi connectivity index (χ1) is 46.6. The Morgan fingerprint density at radius 2 is 1.49 bits per heavy atom. The number of imidazole rings is 2. The smallest absolute Gasteiger partial charge is 0.412 e. The van der Waals surface area contributed by atoms with Crippen molar-refractivity contribution in [2.24, 2.45) is 11.7 Å². The SMILES string of the molecule is CC(C)C(NC(=O)OCC1c2ccccc2-c2ccccc21)C(=O)N[C@@H](CCCNC(N)=O)C(=O)Nc1ccc(COC(=O)N2CCC[C@H]2COC(=O)Nc2ncnc3c2ncn3[C@H]2CC(O[PH](=O)OC[C@@H]3C[C@@H](F)[C@H](n4cnc5c(N)ncnc54)O3)[C@@H](COP(=O)(O)S)O2)cc1. The number of carbonyl (C=O) groups excluding carboxylic acids is 6. The molecule has 33 nitrogen and oxygen atoms in total. The minimum atomic E-state index is -4.33. The van der Waals surface area contributed by atoms with Gasteiger partial charge in [0.05, 0.1) is 44.1 Å². The highest BCUT2D eigenvalue weighted by Crippen LogP contribution is 2.49. The van der Waals surface area contributed by atoms with Crippen LogP contribution in [0.4, 0.5) is 40.9 Å². The van der Waals surface area contributed by atoms with E-state index < -0.39 is 119 Å². The summed E-state index contributed by atoms with van der Waals surface area (Å²) in [5.74, 6) is -1.78. The summed E-state index contributed by atoms with van der Waals surface area (Å²) < 4.78 is 88.8. The number of nitrogen functional groups attached to an aromatic ring is 1. The van der Waals surface area contributed by atoms with Crippen LogP contribution in [0.3, 0.4) is 0 Å². The zero-order chi connectivity index (χ0) is 68.5. The number of nitrogens with one attached hydrogen (secondary N) is 5. The van der Waals surface area contributed by atoms with Crippen molar-refractivity contribution in [1.82, 2.24) is 59.9 Å². The summed E-state index contributed by atoms with van der Waals surface area (Å²) in [6.45, 7) is -1.61. The van der Waals surface area contributed by atoms with E-state index >= 15 is 4.39 Å². The summed E-state index contributed by atoms with van der Waals surface area (Å²) in [6.07, 6.45) is -2.74. The number of carbonyl (C=O) groups is 6. The molecule has 11 rings (SSSR count). The molecular weight excluding hydrogens is 1330 g/mol. The first-order valence-corrected chi connectivity index (χ1v) is 34.9. The van der Waals surface area contributed by atoms with Gasteiger partial charge in [0.2, 0.25) is 11.8 Å².